The molecule has 3 saturated heterocycles. The van der Waals surface area contributed by atoms with Crippen LogP contribution in [-0.4, -0.2) is 114 Å². The second-order valence-corrected chi connectivity index (χ2v) is 7.87. The van der Waals surface area contributed by atoms with Gasteiger partial charge in [0.25, 0.3) is 0 Å². The molecule has 9 heteroatoms. The Morgan fingerprint density at radius 2 is 1.64 bits per heavy atom. The van der Waals surface area contributed by atoms with E-state index in [1.165, 1.54) is 0 Å². The van der Waals surface area contributed by atoms with Crippen LogP contribution in [0.3, 0.4) is 0 Å². The van der Waals surface area contributed by atoms with Gasteiger partial charge < -0.3 is 34.1 Å². The number of ether oxygens (including phenoxy) is 4. The summed E-state index contributed by atoms with van der Waals surface area (Å²) in [7, 11) is 3.26. The number of carbonyl (C=O) groups excluding carboxylic acids is 2. The van der Waals surface area contributed by atoms with Crippen molar-refractivity contribution in [3.8, 4) is 0 Å². The van der Waals surface area contributed by atoms with Gasteiger partial charge in [-0.3, -0.25) is 9.59 Å². The quantitative estimate of drug-likeness (QED) is 0.594. The van der Waals surface area contributed by atoms with Gasteiger partial charge in [0.05, 0.1) is 44.1 Å². The number of morpholine rings is 2. The van der Waals surface area contributed by atoms with Crippen LogP contribution in [-0.2, 0) is 28.5 Å². The molecule has 28 heavy (non-hydrogen) atoms. The molecule has 3 rings (SSSR count). The number of nitrogens with one attached hydrogen (secondary N) is 1. The van der Waals surface area contributed by atoms with Crippen molar-refractivity contribution in [3.63, 3.8) is 0 Å². The molecule has 3 unspecified atom stereocenters. The Morgan fingerprint density at radius 3 is 2.21 bits per heavy atom. The zero-order chi connectivity index (χ0) is 20.0. The Balaban J connectivity index is 1.64. The molecule has 0 aromatic carbocycles. The van der Waals surface area contributed by atoms with Crippen molar-refractivity contribution in [2.75, 3.05) is 79.9 Å². The first-order chi connectivity index (χ1) is 13.6. The maximum atomic E-state index is 13.4. The molecule has 3 atom stereocenters. The first-order valence-corrected chi connectivity index (χ1v) is 10.1. The Bertz CT molecular complexity index is 536. The topological polar surface area (TPSA) is 89.6 Å². The van der Waals surface area contributed by atoms with Crippen LogP contribution >= 0.6 is 0 Å². The lowest BCUT2D eigenvalue weighted by atomic mass is 9.81. The smallest absolute Gasteiger partial charge is 0.230 e. The van der Waals surface area contributed by atoms with Gasteiger partial charge in [-0.1, -0.05) is 0 Å². The predicted molar refractivity (Wildman–Crippen MR) is 101 cm³/mol. The van der Waals surface area contributed by atoms with Gasteiger partial charge in [-0.15, -0.1) is 0 Å². The summed E-state index contributed by atoms with van der Waals surface area (Å²) in [5.74, 6) is 0.0695. The van der Waals surface area contributed by atoms with Gasteiger partial charge in [0.1, 0.15) is 0 Å². The third-order valence-electron chi connectivity index (χ3n) is 5.81. The number of hydrogen-bond acceptors (Lipinski definition) is 7. The van der Waals surface area contributed by atoms with Crippen LogP contribution in [0.2, 0.25) is 0 Å². The van der Waals surface area contributed by atoms with Gasteiger partial charge in [-0.25, -0.2) is 0 Å². The highest BCUT2D eigenvalue weighted by atomic mass is 16.5. The molecule has 0 radical (unpaired) electrons. The van der Waals surface area contributed by atoms with Crippen molar-refractivity contribution >= 4 is 11.8 Å². The lowest BCUT2D eigenvalue weighted by Crippen LogP contribution is -2.55. The fourth-order valence-corrected chi connectivity index (χ4v) is 4.31. The van der Waals surface area contributed by atoms with Crippen LogP contribution in [0.5, 0.6) is 0 Å². The molecule has 0 saturated carbocycles. The first kappa shape index (κ1) is 21.4. The molecule has 3 heterocycles. The lowest BCUT2D eigenvalue weighted by Gasteiger charge is -2.39. The summed E-state index contributed by atoms with van der Waals surface area (Å²) in [4.78, 5) is 30.1. The maximum absolute atomic E-state index is 13.4. The highest BCUT2D eigenvalue weighted by molar-refractivity contribution is 5.89. The van der Waals surface area contributed by atoms with Gasteiger partial charge in [0.15, 0.2) is 0 Å². The fraction of sp³-hybridized carbons (Fsp3) is 0.895. The minimum atomic E-state index is -0.679. The van der Waals surface area contributed by atoms with Gasteiger partial charge in [0, 0.05) is 53.4 Å². The van der Waals surface area contributed by atoms with E-state index in [0.717, 1.165) is 6.54 Å². The van der Waals surface area contributed by atoms with Crippen molar-refractivity contribution in [2.45, 2.75) is 25.0 Å². The summed E-state index contributed by atoms with van der Waals surface area (Å²) < 4.78 is 21.6. The standard InChI is InChI=1S/C19H33N3O6/c1-25-12-15-10-21(5-7-27-15)17(23)9-19(3-4-20-14-19)18(24)22-6-8-28-16(11-22)13-26-2/h15-16,20H,3-14H2,1-2H3. The molecule has 9 nitrogen and oxygen atoms in total. The third kappa shape index (κ3) is 5.01. The number of methoxy groups -OCH3 is 2. The molecule has 0 bridgehead atoms. The highest BCUT2D eigenvalue weighted by Gasteiger charge is 2.47. The normalized spacial score (nSPS) is 31.2. The zero-order valence-corrected chi connectivity index (χ0v) is 17.0. The van der Waals surface area contributed by atoms with Crippen molar-refractivity contribution in [1.29, 1.82) is 0 Å². The SMILES string of the molecule is COCC1CN(C(=O)CC2(C(=O)N3CCOC(COC)C3)CCNC2)CCO1. The predicted octanol–water partition coefficient (Wildman–Crippen LogP) is -0.896. The second kappa shape index (κ2) is 9.98. The third-order valence-corrected chi connectivity index (χ3v) is 5.81. The summed E-state index contributed by atoms with van der Waals surface area (Å²) >= 11 is 0. The Hall–Kier alpha value is -1.26. The summed E-state index contributed by atoms with van der Waals surface area (Å²) in [5, 5.41) is 3.29. The number of nitrogens with zero attached hydrogens (tertiary/aromatic N) is 2. The maximum Gasteiger partial charge on any atom is 0.230 e. The van der Waals surface area contributed by atoms with Crippen LogP contribution in [0.4, 0.5) is 0 Å². The van der Waals surface area contributed by atoms with Crippen molar-refractivity contribution in [1.82, 2.24) is 15.1 Å². The molecule has 3 fully saturated rings. The largest absolute Gasteiger partial charge is 0.382 e. The van der Waals surface area contributed by atoms with Crippen LogP contribution < -0.4 is 5.32 Å². The van der Waals surface area contributed by atoms with Crippen molar-refractivity contribution < 1.29 is 28.5 Å². The van der Waals surface area contributed by atoms with Gasteiger partial charge in [0.2, 0.25) is 11.8 Å². The molecule has 2 amide bonds. The van der Waals surface area contributed by atoms with Gasteiger partial charge in [-0.05, 0) is 13.0 Å². The van der Waals surface area contributed by atoms with Crippen LogP contribution in [0.25, 0.3) is 0 Å². The Morgan fingerprint density at radius 1 is 1.04 bits per heavy atom. The number of amides is 2. The minimum absolute atomic E-state index is 0.0168. The lowest BCUT2D eigenvalue weighted by molar-refractivity contribution is -0.156. The van der Waals surface area contributed by atoms with E-state index in [2.05, 4.69) is 5.32 Å². The monoisotopic (exact) mass is 399 g/mol. The number of rotatable bonds is 7. The minimum Gasteiger partial charge on any atom is -0.382 e. The molecule has 3 aliphatic heterocycles. The highest BCUT2D eigenvalue weighted by Crippen LogP contribution is 2.34. The second-order valence-electron chi connectivity index (χ2n) is 7.87. The molecular formula is C19H33N3O6. The van der Waals surface area contributed by atoms with E-state index in [0.29, 0.717) is 65.6 Å². The molecule has 160 valence electrons. The average molecular weight is 399 g/mol. The van der Waals surface area contributed by atoms with E-state index in [1.54, 1.807) is 14.2 Å². The molecule has 0 aromatic heterocycles. The molecule has 3 aliphatic rings. The number of hydrogen-bond donors (Lipinski definition) is 1. The molecule has 0 aromatic rings. The van der Waals surface area contributed by atoms with Gasteiger partial charge in [-0.2, -0.15) is 0 Å². The van der Waals surface area contributed by atoms with E-state index < -0.39 is 5.41 Å². The van der Waals surface area contributed by atoms with Crippen LogP contribution in [0.15, 0.2) is 0 Å². The van der Waals surface area contributed by atoms with Crippen LogP contribution in [0, 0.1) is 5.41 Å². The average Bonchev–Trinajstić information content (AvgIpc) is 3.18. The number of carbonyl (C=O) groups is 2. The van der Waals surface area contributed by atoms with E-state index in [4.69, 9.17) is 18.9 Å². The molecular weight excluding hydrogens is 366 g/mol. The molecule has 0 aliphatic carbocycles. The van der Waals surface area contributed by atoms with Crippen molar-refractivity contribution in [3.05, 3.63) is 0 Å². The van der Waals surface area contributed by atoms with E-state index in [-0.39, 0.29) is 30.4 Å². The first-order valence-electron chi connectivity index (χ1n) is 10.1. The van der Waals surface area contributed by atoms with Gasteiger partial charge >= 0.3 is 0 Å². The summed E-state index contributed by atoms with van der Waals surface area (Å²) in [5.41, 5.74) is -0.679. The zero-order valence-electron chi connectivity index (χ0n) is 17.0. The van der Waals surface area contributed by atoms with Crippen LogP contribution in [0.1, 0.15) is 12.8 Å². The van der Waals surface area contributed by atoms with E-state index >= 15 is 0 Å². The molecule has 1 N–H and O–H groups in total. The summed E-state index contributed by atoms with van der Waals surface area (Å²) in [6, 6.07) is 0. The summed E-state index contributed by atoms with van der Waals surface area (Å²) in [6.07, 6.45) is 0.685. The Labute approximate surface area is 166 Å². The van der Waals surface area contributed by atoms with E-state index in [1.807, 2.05) is 9.80 Å². The summed E-state index contributed by atoms with van der Waals surface area (Å²) in [6.45, 7) is 5.35. The fourth-order valence-electron chi connectivity index (χ4n) is 4.31. The van der Waals surface area contributed by atoms with E-state index in [9.17, 15) is 9.59 Å². The Kier molecular flexibility index (Phi) is 7.64. The molecule has 0 spiro atoms. The van der Waals surface area contributed by atoms with Crippen molar-refractivity contribution in [2.24, 2.45) is 5.41 Å².